The third-order valence-corrected chi connectivity index (χ3v) is 4.64. The van der Waals surface area contributed by atoms with Gasteiger partial charge in [0, 0.05) is 55.7 Å². The Balaban J connectivity index is 1.60. The number of benzene rings is 1. The second-order valence-corrected chi connectivity index (χ2v) is 7.31. The van der Waals surface area contributed by atoms with Gasteiger partial charge in [-0.05, 0) is 50.6 Å². The Morgan fingerprint density at radius 2 is 1.61 bits per heavy atom. The summed E-state index contributed by atoms with van der Waals surface area (Å²) in [7, 11) is 0. The minimum Gasteiger partial charge on any atom is -0.369 e. The molecule has 3 nitrogen and oxygen atoms in total. The van der Waals surface area contributed by atoms with Crippen molar-refractivity contribution in [1.82, 2.24) is 9.88 Å². The molecule has 0 amide bonds. The Hall–Kier alpha value is -1.87. The van der Waals surface area contributed by atoms with E-state index in [4.69, 9.17) is 0 Å². The van der Waals surface area contributed by atoms with Crippen LogP contribution >= 0.6 is 0 Å². The second-order valence-electron chi connectivity index (χ2n) is 7.31. The summed E-state index contributed by atoms with van der Waals surface area (Å²) in [4.78, 5) is 9.46. The Morgan fingerprint density at radius 3 is 2.17 bits per heavy atom. The van der Waals surface area contributed by atoms with Crippen molar-refractivity contribution in [3.05, 3.63) is 59.9 Å². The van der Waals surface area contributed by atoms with Gasteiger partial charge >= 0.3 is 0 Å². The zero-order valence-corrected chi connectivity index (χ0v) is 14.5. The van der Waals surface area contributed by atoms with Crippen LogP contribution in [-0.2, 0) is 6.42 Å². The summed E-state index contributed by atoms with van der Waals surface area (Å²) in [5.74, 6) is 0. The molecule has 1 aliphatic rings. The lowest BCUT2D eigenvalue weighted by Gasteiger charge is -2.43. The number of piperazine rings is 1. The third kappa shape index (κ3) is 4.11. The number of pyridine rings is 1. The number of aromatic nitrogens is 1. The van der Waals surface area contributed by atoms with Gasteiger partial charge in [-0.15, -0.1) is 0 Å². The fraction of sp³-hybridized carbons (Fsp3) is 0.450. The van der Waals surface area contributed by atoms with Crippen LogP contribution in [0.15, 0.2) is 48.7 Å². The maximum Gasteiger partial charge on any atom is 0.0447 e. The molecule has 3 heteroatoms. The van der Waals surface area contributed by atoms with E-state index in [1.807, 2.05) is 18.3 Å². The van der Waals surface area contributed by atoms with Gasteiger partial charge in [-0.3, -0.25) is 9.88 Å². The van der Waals surface area contributed by atoms with Crippen molar-refractivity contribution in [2.24, 2.45) is 0 Å². The summed E-state index contributed by atoms with van der Waals surface area (Å²) in [6, 6.07) is 15.1. The topological polar surface area (TPSA) is 19.4 Å². The molecule has 1 fully saturated rings. The van der Waals surface area contributed by atoms with Gasteiger partial charge in [0.05, 0.1) is 0 Å². The lowest BCUT2D eigenvalue weighted by molar-refractivity contribution is 0.128. The highest BCUT2D eigenvalue weighted by atomic mass is 15.3. The first-order valence-corrected chi connectivity index (χ1v) is 8.51. The van der Waals surface area contributed by atoms with Gasteiger partial charge in [-0.25, -0.2) is 0 Å². The standard InChI is InChI=1S/C20H27N3/c1-20(2,3)23-14-12-22(13-15-23)19-9-7-17(8-10-19)16-18-6-4-5-11-21-18/h4-11H,12-16H2,1-3H3. The highest BCUT2D eigenvalue weighted by Gasteiger charge is 2.25. The van der Waals surface area contributed by atoms with Crippen molar-refractivity contribution in [1.29, 1.82) is 0 Å². The molecule has 0 radical (unpaired) electrons. The molecule has 0 spiro atoms. The van der Waals surface area contributed by atoms with Crippen LogP contribution < -0.4 is 4.90 Å². The molecule has 1 aromatic carbocycles. The van der Waals surface area contributed by atoms with E-state index in [9.17, 15) is 0 Å². The van der Waals surface area contributed by atoms with Crippen LogP contribution in [0.1, 0.15) is 32.0 Å². The van der Waals surface area contributed by atoms with E-state index in [1.165, 1.54) is 11.3 Å². The molecular weight excluding hydrogens is 282 g/mol. The Labute approximate surface area is 140 Å². The van der Waals surface area contributed by atoms with E-state index < -0.39 is 0 Å². The summed E-state index contributed by atoms with van der Waals surface area (Å²) in [6.45, 7) is 11.4. The van der Waals surface area contributed by atoms with Crippen molar-refractivity contribution < 1.29 is 0 Å². The summed E-state index contributed by atoms with van der Waals surface area (Å²) >= 11 is 0. The van der Waals surface area contributed by atoms with Crippen LogP contribution in [-0.4, -0.2) is 41.6 Å². The predicted molar refractivity (Wildman–Crippen MR) is 97.0 cm³/mol. The number of hydrogen-bond acceptors (Lipinski definition) is 3. The van der Waals surface area contributed by atoms with Gasteiger partial charge in [0.2, 0.25) is 0 Å². The molecule has 0 unspecified atom stereocenters. The maximum atomic E-state index is 4.40. The van der Waals surface area contributed by atoms with E-state index in [1.54, 1.807) is 0 Å². The molecule has 23 heavy (non-hydrogen) atoms. The Kier molecular flexibility index (Phi) is 4.67. The van der Waals surface area contributed by atoms with Crippen LogP contribution in [0.25, 0.3) is 0 Å². The van der Waals surface area contributed by atoms with Crippen molar-refractivity contribution in [3.8, 4) is 0 Å². The molecule has 0 N–H and O–H groups in total. The smallest absolute Gasteiger partial charge is 0.0447 e. The second kappa shape index (κ2) is 6.71. The fourth-order valence-corrected chi connectivity index (χ4v) is 3.17. The van der Waals surface area contributed by atoms with Gasteiger partial charge in [0.25, 0.3) is 0 Å². The van der Waals surface area contributed by atoms with Crippen LogP contribution in [0.4, 0.5) is 5.69 Å². The molecule has 0 bridgehead atoms. The van der Waals surface area contributed by atoms with Gasteiger partial charge in [-0.1, -0.05) is 18.2 Å². The first-order valence-electron chi connectivity index (χ1n) is 8.51. The summed E-state index contributed by atoms with van der Waals surface area (Å²) < 4.78 is 0. The van der Waals surface area contributed by atoms with E-state index in [0.29, 0.717) is 0 Å². The zero-order valence-electron chi connectivity index (χ0n) is 14.5. The molecular formula is C20H27N3. The average molecular weight is 309 g/mol. The Morgan fingerprint density at radius 1 is 0.913 bits per heavy atom. The molecule has 2 aromatic rings. The lowest BCUT2D eigenvalue weighted by atomic mass is 10.0. The van der Waals surface area contributed by atoms with E-state index in [-0.39, 0.29) is 5.54 Å². The minimum atomic E-state index is 0.276. The average Bonchev–Trinajstić information content (AvgIpc) is 2.56. The SMILES string of the molecule is CC(C)(C)N1CCN(c2ccc(Cc3ccccn3)cc2)CC1. The van der Waals surface area contributed by atoms with Crippen molar-refractivity contribution in [2.75, 3.05) is 31.1 Å². The zero-order chi connectivity index (χ0) is 16.3. The third-order valence-electron chi connectivity index (χ3n) is 4.64. The molecule has 1 aromatic heterocycles. The van der Waals surface area contributed by atoms with Gasteiger partial charge < -0.3 is 4.90 Å². The predicted octanol–water partition coefficient (Wildman–Crippen LogP) is 3.59. The first kappa shape index (κ1) is 16.0. The van der Waals surface area contributed by atoms with E-state index in [0.717, 1.165) is 38.3 Å². The normalized spacial score (nSPS) is 16.6. The van der Waals surface area contributed by atoms with Crippen LogP contribution in [0.3, 0.4) is 0 Å². The quantitative estimate of drug-likeness (QED) is 0.863. The number of rotatable bonds is 3. The number of hydrogen-bond donors (Lipinski definition) is 0. The van der Waals surface area contributed by atoms with Crippen molar-refractivity contribution in [3.63, 3.8) is 0 Å². The first-order chi connectivity index (χ1) is 11.0. The van der Waals surface area contributed by atoms with Crippen LogP contribution in [0.2, 0.25) is 0 Å². The number of nitrogens with zero attached hydrogens (tertiary/aromatic N) is 3. The maximum absolute atomic E-state index is 4.40. The van der Waals surface area contributed by atoms with Gasteiger partial charge in [-0.2, -0.15) is 0 Å². The van der Waals surface area contributed by atoms with E-state index in [2.05, 4.69) is 65.9 Å². The molecule has 0 atom stereocenters. The summed E-state index contributed by atoms with van der Waals surface area (Å²) in [5, 5.41) is 0. The largest absolute Gasteiger partial charge is 0.369 e. The number of anilines is 1. The fourth-order valence-electron chi connectivity index (χ4n) is 3.17. The highest BCUT2D eigenvalue weighted by molar-refractivity contribution is 5.48. The monoisotopic (exact) mass is 309 g/mol. The molecule has 0 aliphatic carbocycles. The minimum absolute atomic E-state index is 0.276. The lowest BCUT2D eigenvalue weighted by Crippen LogP contribution is -2.53. The van der Waals surface area contributed by atoms with Crippen molar-refractivity contribution in [2.45, 2.75) is 32.7 Å². The van der Waals surface area contributed by atoms with E-state index >= 15 is 0 Å². The summed E-state index contributed by atoms with van der Waals surface area (Å²) in [5.41, 5.74) is 4.06. The van der Waals surface area contributed by atoms with Crippen molar-refractivity contribution >= 4 is 5.69 Å². The molecule has 1 aliphatic heterocycles. The van der Waals surface area contributed by atoms with Gasteiger partial charge in [0.15, 0.2) is 0 Å². The molecule has 1 saturated heterocycles. The van der Waals surface area contributed by atoms with Crippen LogP contribution in [0, 0.1) is 0 Å². The Bertz CT molecular complexity index is 606. The molecule has 3 rings (SSSR count). The highest BCUT2D eigenvalue weighted by Crippen LogP contribution is 2.21. The molecule has 122 valence electrons. The molecule has 0 saturated carbocycles. The summed E-state index contributed by atoms with van der Waals surface area (Å²) in [6.07, 6.45) is 2.76. The molecule has 2 heterocycles. The van der Waals surface area contributed by atoms with Crippen LogP contribution in [0.5, 0.6) is 0 Å². The van der Waals surface area contributed by atoms with Gasteiger partial charge in [0.1, 0.15) is 0 Å².